The van der Waals surface area contributed by atoms with Crippen LogP contribution in [0.3, 0.4) is 0 Å². The van der Waals surface area contributed by atoms with Crippen LogP contribution in [0.15, 0.2) is 54.7 Å². The number of anilines is 1. The summed E-state index contributed by atoms with van der Waals surface area (Å²) in [5.74, 6) is 6.68. The molecule has 0 saturated heterocycles. The van der Waals surface area contributed by atoms with Gasteiger partial charge in [-0.15, -0.1) is 0 Å². The van der Waals surface area contributed by atoms with E-state index in [1.54, 1.807) is 32.0 Å². The van der Waals surface area contributed by atoms with Gasteiger partial charge in [0.2, 0.25) is 5.91 Å². The van der Waals surface area contributed by atoms with Crippen LogP contribution >= 0.6 is 0 Å². The van der Waals surface area contributed by atoms with E-state index in [4.69, 9.17) is 4.98 Å². The third kappa shape index (κ3) is 4.21. The largest absolute Gasteiger partial charge is 0.337 e. The van der Waals surface area contributed by atoms with E-state index in [0.29, 0.717) is 23.6 Å². The summed E-state index contributed by atoms with van der Waals surface area (Å²) in [6.07, 6.45) is 1.96. The van der Waals surface area contributed by atoms with Gasteiger partial charge < -0.3 is 15.5 Å². The molecule has 1 aliphatic rings. The first kappa shape index (κ1) is 23.3. The maximum Gasteiger partial charge on any atom is 0.254 e. The number of carbonyl (C=O) groups is 2. The Kier molecular flexibility index (Phi) is 6.00. The van der Waals surface area contributed by atoms with Crippen molar-refractivity contribution in [2.75, 3.05) is 19.4 Å². The number of hydrogen-bond acceptors (Lipinski definition) is 5. The number of benzene rings is 1. The number of aryl methyl sites for hydroxylation is 1. The second kappa shape index (κ2) is 9.29. The first-order valence-corrected chi connectivity index (χ1v) is 11.7. The number of pyridine rings is 2. The van der Waals surface area contributed by atoms with Crippen molar-refractivity contribution in [3.63, 3.8) is 0 Å². The van der Waals surface area contributed by atoms with Crippen LogP contribution in [0.2, 0.25) is 0 Å². The van der Waals surface area contributed by atoms with Crippen molar-refractivity contribution < 1.29 is 9.59 Å². The van der Waals surface area contributed by atoms with Crippen LogP contribution in [-0.2, 0) is 11.3 Å². The Morgan fingerprint density at radius 3 is 2.69 bits per heavy atom. The van der Waals surface area contributed by atoms with Gasteiger partial charge >= 0.3 is 0 Å². The van der Waals surface area contributed by atoms with Crippen molar-refractivity contribution in [1.82, 2.24) is 24.6 Å². The fourth-order valence-corrected chi connectivity index (χ4v) is 4.29. The molecular formula is C28H26N6O2. The fraction of sp³-hybridized carbons (Fsp3) is 0.214. The molecule has 5 rings (SSSR count). The molecule has 1 atom stereocenters. The molecule has 1 unspecified atom stereocenters. The fourth-order valence-electron chi connectivity index (χ4n) is 4.29. The predicted octanol–water partition coefficient (Wildman–Crippen LogP) is 3.24. The van der Waals surface area contributed by atoms with Crippen molar-refractivity contribution in [2.24, 2.45) is 0 Å². The van der Waals surface area contributed by atoms with Gasteiger partial charge in [-0.25, -0.2) is 9.97 Å². The molecule has 8 nitrogen and oxygen atoms in total. The van der Waals surface area contributed by atoms with Crippen LogP contribution in [0.25, 0.3) is 16.9 Å². The number of nitrogens with one attached hydrogen (secondary N) is 2. The van der Waals surface area contributed by atoms with Gasteiger partial charge in [0, 0.05) is 36.5 Å². The molecule has 0 radical (unpaired) electrons. The number of imidazole rings is 1. The lowest BCUT2D eigenvalue weighted by molar-refractivity contribution is -0.117. The SMILES string of the molecule is CNC(C)C(=O)Nc1ccc(-c2c(C)nc3ccccn23)c(C#Cc2ccc3c(c2)CN(C)C3=O)n1. The van der Waals surface area contributed by atoms with Crippen molar-refractivity contribution >= 4 is 23.3 Å². The van der Waals surface area contributed by atoms with Gasteiger partial charge in [-0.3, -0.25) is 14.0 Å². The first-order valence-electron chi connectivity index (χ1n) is 11.7. The molecule has 8 heteroatoms. The monoisotopic (exact) mass is 478 g/mol. The molecule has 36 heavy (non-hydrogen) atoms. The Morgan fingerprint density at radius 2 is 1.89 bits per heavy atom. The summed E-state index contributed by atoms with van der Waals surface area (Å²) in [4.78, 5) is 35.7. The molecule has 1 aromatic carbocycles. The molecule has 2 amide bonds. The molecule has 0 bridgehead atoms. The zero-order valence-electron chi connectivity index (χ0n) is 20.6. The number of aromatic nitrogens is 3. The normalized spacial score (nSPS) is 13.3. The third-order valence-corrected chi connectivity index (χ3v) is 6.35. The summed E-state index contributed by atoms with van der Waals surface area (Å²) >= 11 is 0. The zero-order chi connectivity index (χ0) is 25.4. The van der Waals surface area contributed by atoms with Crippen molar-refractivity contribution in [2.45, 2.75) is 26.4 Å². The maximum atomic E-state index is 12.4. The molecule has 0 aliphatic carbocycles. The van der Waals surface area contributed by atoms with E-state index >= 15 is 0 Å². The van der Waals surface area contributed by atoms with E-state index in [9.17, 15) is 9.59 Å². The van der Waals surface area contributed by atoms with E-state index in [0.717, 1.165) is 33.7 Å². The van der Waals surface area contributed by atoms with Gasteiger partial charge in [0.15, 0.2) is 0 Å². The van der Waals surface area contributed by atoms with Gasteiger partial charge in [0.05, 0.1) is 17.4 Å². The minimum Gasteiger partial charge on any atom is -0.337 e. The zero-order valence-corrected chi connectivity index (χ0v) is 20.6. The lowest BCUT2D eigenvalue weighted by Crippen LogP contribution is -2.35. The highest BCUT2D eigenvalue weighted by Gasteiger charge is 2.24. The Hall–Kier alpha value is -4.48. The van der Waals surface area contributed by atoms with E-state index < -0.39 is 0 Å². The van der Waals surface area contributed by atoms with Crippen LogP contribution < -0.4 is 10.6 Å². The standard InChI is InChI=1S/C28H26N6O2/c1-17-26(34-14-6-5-7-25(34)30-17)22-11-13-24(32-27(35)18(2)29-3)31-23(22)12-9-19-8-10-21-20(15-19)16-33(4)28(21)36/h5-8,10-11,13-15,18,29H,16H2,1-4H3,(H,31,32,35). The molecule has 0 saturated carbocycles. The van der Waals surface area contributed by atoms with Gasteiger partial charge in [-0.1, -0.05) is 12.0 Å². The average molecular weight is 479 g/mol. The van der Waals surface area contributed by atoms with Crippen LogP contribution in [-0.4, -0.2) is 51.2 Å². The molecular weight excluding hydrogens is 452 g/mol. The number of rotatable bonds is 4. The minimum atomic E-state index is -0.366. The van der Waals surface area contributed by atoms with Crippen molar-refractivity contribution in [3.05, 3.63) is 82.8 Å². The lowest BCUT2D eigenvalue weighted by Gasteiger charge is -2.12. The Labute approximate surface area is 209 Å². The number of fused-ring (bicyclic) bond motifs is 2. The molecule has 2 N–H and O–H groups in total. The van der Waals surface area contributed by atoms with Crippen LogP contribution in [0, 0.1) is 18.8 Å². The second-order valence-electron chi connectivity index (χ2n) is 8.85. The third-order valence-electron chi connectivity index (χ3n) is 6.35. The van der Waals surface area contributed by atoms with Gasteiger partial charge in [0.1, 0.15) is 17.2 Å². The Bertz CT molecular complexity index is 1580. The lowest BCUT2D eigenvalue weighted by atomic mass is 10.1. The summed E-state index contributed by atoms with van der Waals surface area (Å²) in [7, 11) is 3.52. The summed E-state index contributed by atoms with van der Waals surface area (Å²) in [6, 6.07) is 14.8. The molecule has 0 fully saturated rings. The average Bonchev–Trinajstić information content (AvgIpc) is 3.36. The van der Waals surface area contributed by atoms with Crippen molar-refractivity contribution in [3.8, 4) is 23.1 Å². The summed E-state index contributed by atoms with van der Waals surface area (Å²) in [5.41, 5.74) is 6.38. The summed E-state index contributed by atoms with van der Waals surface area (Å²) in [5, 5.41) is 5.78. The number of nitrogens with zero attached hydrogens (tertiary/aromatic N) is 4. The maximum absolute atomic E-state index is 12.4. The highest BCUT2D eigenvalue weighted by molar-refractivity contribution is 5.98. The van der Waals surface area contributed by atoms with Crippen LogP contribution in [0.1, 0.15) is 39.8 Å². The van der Waals surface area contributed by atoms with Gasteiger partial charge in [0.25, 0.3) is 5.91 Å². The smallest absolute Gasteiger partial charge is 0.254 e. The number of carbonyl (C=O) groups excluding carboxylic acids is 2. The predicted molar refractivity (Wildman–Crippen MR) is 139 cm³/mol. The van der Waals surface area contributed by atoms with Crippen LogP contribution in [0.5, 0.6) is 0 Å². The van der Waals surface area contributed by atoms with E-state index in [-0.39, 0.29) is 17.9 Å². The van der Waals surface area contributed by atoms with Crippen molar-refractivity contribution in [1.29, 1.82) is 0 Å². The quantitative estimate of drug-likeness (QED) is 0.440. The molecule has 1 aliphatic heterocycles. The Balaban J connectivity index is 1.60. The second-order valence-corrected chi connectivity index (χ2v) is 8.85. The van der Waals surface area contributed by atoms with Gasteiger partial charge in [-0.05, 0) is 74.8 Å². The number of hydrogen-bond donors (Lipinski definition) is 2. The van der Waals surface area contributed by atoms with E-state index in [1.807, 2.05) is 60.0 Å². The molecule has 3 aromatic heterocycles. The minimum absolute atomic E-state index is 0.0239. The summed E-state index contributed by atoms with van der Waals surface area (Å²) < 4.78 is 2.01. The topological polar surface area (TPSA) is 91.6 Å². The van der Waals surface area contributed by atoms with Crippen LogP contribution in [0.4, 0.5) is 5.82 Å². The number of likely N-dealkylation sites (N-methyl/N-ethyl adjacent to an activating group) is 1. The number of amides is 2. The summed E-state index contributed by atoms with van der Waals surface area (Å²) in [6.45, 7) is 4.30. The first-order chi connectivity index (χ1) is 17.4. The molecule has 4 heterocycles. The molecule has 4 aromatic rings. The van der Waals surface area contributed by atoms with Gasteiger partial charge in [-0.2, -0.15) is 0 Å². The highest BCUT2D eigenvalue weighted by atomic mass is 16.2. The highest BCUT2D eigenvalue weighted by Crippen LogP contribution is 2.28. The van der Waals surface area contributed by atoms with E-state index in [2.05, 4.69) is 27.5 Å². The molecule has 180 valence electrons. The molecule has 0 spiro atoms. The Morgan fingerprint density at radius 1 is 1.08 bits per heavy atom. The van der Waals surface area contributed by atoms with E-state index in [1.165, 1.54) is 0 Å².